The summed E-state index contributed by atoms with van der Waals surface area (Å²) >= 11 is 0. The molecule has 4 aromatic carbocycles. The van der Waals surface area contributed by atoms with Gasteiger partial charge in [-0.3, -0.25) is 0 Å². The standard InChI is InChI=1S/2C24H32N2O3S/c1-19-11-15-25(16-12-19)22-13-17-26(18-14-22)30(27,28)24-9-5-21(6-10-24)20-3-7-23(29-2)8-4-20;1-19-11-15-25(16-12-19)21-13-17-26(18-14-21)30(27,28)22-9-7-20(8-10-22)23-5-3-4-6-24(23)29-2/h3-10,19,22H,11-18H2,1-2H3;3-10,19,21H,11-18H2,1-2H3. The second-order valence-electron chi connectivity index (χ2n) is 17.2. The molecule has 10 nitrogen and oxygen atoms in total. The molecule has 0 amide bonds. The van der Waals surface area contributed by atoms with Gasteiger partial charge >= 0.3 is 0 Å². The molecular formula is C48H64N4O6S2. The monoisotopic (exact) mass is 856 g/mol. The van der Waals surface area contributed by atoms with Crippen molar-refractivity contribution in [2.45, 2.75) is 87.1 Å². The number of likely N-dealkylation sites (tertiary alicyclic amines) is 2. The lowest BCUT2D eigenvalue weighted by molar-refractivity contribution is 0.101. The van der Waals surface area contributed by atoms with E-state index in [0.29, 0.717) is 48.1 Å². The van der Waals surface area contributed by atoms with Gasteiger partial charge in [-0.1, -0.05) is 68.4 Å². The Bertz CT molecular complexity index is 2190. The van der Waals surface area contributed by atoms with Crippen molar-refractivity contribution in [1.29, 1.82) is 0 Å². The Morgan fingerprint density at radius 1 is 0.450 bits per heavy atom. The summed E-state index contributed by atoms with van der Waals surface area (Å²) in [5, 5.41) is 0. The number of methoxy groups -OCH3 is 2. The molecule has 324 valence electrons. The zero-order valence-corrected chi connectivity index (χ0v) is 37.5. The molecule has 0 bridgehead atoms. The number of hydrogen-bond acceptors (Lipinski definition) is 8. The van der Waals surface area contributed by atoms with Crippen molar-refractivity contribution >= 4 is 20.0 Å². The summed E-state index contributed by atoms with van der Waals surface area (Å²) in [5.74, 6) is 3.23. The smallest absolute Gasteiger partial charge is 0.243 e. The summed E-state index contributed by atoms with van der Waals surface area (Å²) < 4.78 is 66.6. The van der Waals surface area contributed by atoms with E-state index in [4.69, 9.17) is 9.47 Å². The van der Waals surface area contributed by atoms with E-state index in [1.54, 1.807) is 47.1 Å². The lowest BCUT2D eigenvalue weighted by atomic mass is 9.95. The molecule has 4 fully saturated rings. The van der Waals surface area contributed by atoms with Crippen LogP contribution in [0.4, 0.5) is 0 Å². The molecule has 0 aromatic heterocycles. The van der Waals surface area contributed by atoms with E-state index in [-0.39, 0.29) is 0 Å². The van der Waals surface area contributed by atoms with Gasteiger partial charge in [0.05, 0.1) is 24.0 Å². The number of benzene rings is 4. The summed E-state index contributed by atoms with van der Waals surface area (Å²) in [5.41, 5.74) is 3.94. The lowest BCUT2D eigenvalue weighted by Gasteiger charge is -2.41. The summed E-state index contributed by atoms with van der Waals surface area (Å²) in [4.78, 5) is 5.90. The average Bonchev–Trinajstić information content (AvgIpc) is 3.30. The van der Waals surface area contributed by atoms with Crippen LogP contribution in [-0.4, -0.2) is 114 Å². The van der Waals surface area contributed by atoms with Crippen molar-refractivity contribution < 1.29 is 26.3 Å². The Balaban J connectivity index is 0.000000181. The van der Waals surface area contributed by atoms with Gasteiger partial charge in [0, 0.05) is 43.8 Å². The fourth-order valence-corrected chi connectivity index (χ4v) is 12.2. The lowest BCUT2D eigenvalue weighted by Crippen LogP contribution is -2.48. The van der Waals surface area contributed by atoms with E-state index in [2.05, 4.69) is 23.6 Å². The van der Waals surface area contributed by atoms with E-state index in [1.807, 2.05) is 72.8 Å². The Morgan fingerprint density at radius 3 is 1.23 bits per heavy atom. The summed E-state index contributed by atoms with van der Waals surface area (Å²) in [6.45, 7) is 11.7. The van der Waals surface area contributed by atoms with E-state index in [0.717, 1.165) is 97.5 Å². The van der Waals surface area contributed by atoms with Gasteiger partial charge in [-0.15, -0.1) is 0 Å². The average molecular weight is 857 g/mol. The quantitative estimate of drug-likeness (QED) is 0.157. The number of rotatable bonds is 10. The molecule has 4 saturated heterocycles. The molecular weight excluding hydrogens is 793 g/mol. The minimum Gasteiger partial charge on any atom is -0.497 e. The van der Waals surface area contributed by atoms with Crippen molar-refractivity contribution in [3.8, 4) is 33.8 Å². The second kappa shape index (κ2) is 19.9. The highest BCUT2D eigenvalue weighted by Crippen LogP contribution is 2.33. The topological polar surface area (TPSA) is 99.7 Å². The highest BCUT2D eigenvalue weighted by Gasteiger charge is 2.34. The van der Waals surface area contributed by atoms with Gasteiger partial charge in [0.2, 0.25) is 20.0 Å². The number of sulfonamides is 2. The van der Waals surface area contributed by atoms with Crippen LogP contribution in [0.2, 0.25) is 0 Å². The number of piperidine rings is 4. The number of hydrogen-bond donors (Lipinski definition) is 0. The maximum Gasteiger partial charge on any atom is 0.243 e. The summed E-state index contributed by atoms with van der Waals surface area (Å²) in [7, 11) is -3.61. The zero-order chi connectivity index (χ0) is 42.3. The molecule has 0 unspecified atom stereocenters. The number of nitrogens with zero attached hydrogens (tertiary/aromatic N) is 4. The van der Waals surface area contributed by atoms with Gasteiger partial charge in [0.25, 0.3) is 0 Å². The van der Waals surface area contributed by atoms with E-state index < -0.39 is 20.0 Å². The molecule has 60 heavy (non-hydrogen) atoms. The molecule has 0 saturated carbocycles. The highest BCUT2D eigenvalue weighted by atomic mass is 32.2. The first-order valence-electron chi connectivity index (χ1n) is 21.9. The third-order valence-corrected chi connectivity index (χ3v) is 17.2. The van der Waals surface area contributed by atoms with E-state index >= 15 is 0 Å². The summed E-state index contributed by atoms with van der Waals surface area (Å²) in [6, 6.07) is 31.0. The first-order chi connectivity index (χ1) is 29.0. The SMILES string of the molecule is COc1ccc(-c2ccc(S(=O)(=O)N3CCC(N4CCC(C)CC4)CC3)cc2)cc1.COc1ccccc1-c1ccc(S(=O)(=O)N2CCC(N3CCC(C)CC3)CC2)cc1. The molecule has 0 radical (unpaired) electrons. The van der Waals surface area contributed by atoms with Crippen LogP contribution in [0, 0.1) is 11.8 Å². The van der Waals surface area contributed by atoms with Crippen molar-refractivity contribution in [3.63, 3.8) is 0 Å². The first kappa shape index (κ1) is 44.3. The predicted molar refractivity (Wildman–Crippen MR) is 240 cm³/mol. The van der Waals surface area contributed by atoms with Crippen LogP contribution in [0.15, 0.2) is 107 Å². The van der Waals surface area contributed by atoms with E-state index in [1.165, 1.54) is 25.7 Å². The molecule has 0 N–H and O–H groups in total. The largest absolute Gasteiger partial charge is 0.497 e. The van der Waals surface area contributed by atoms with Gasteiger partial charge in [-0.2, -0.15) is 8.61 Å². The number of ether oxygens (including phenoxy) is 2. The molecule has 8 rings (SSSR count). The van der Waals surface area contributed by atoms with Gasteiger partial charge in [0.15, 0.2) is 0 Å². The fourth-order valence-electron chi connectivity index (χ4n) is 9.27. The van der Waals surface area contributed by atoms with Gasteiger partial charge in [0.1, 0.15) is 11.5 Å². The van der Waals surface area contributed by atoms with Crippen LogP contribution >= 0.6 is 0 Å². The Labute approximate surface area is 359 Å². The zero-order valence-electron chi connectivity index (χ0n) is 35.9. The second-order valence-corrected chi connectivity index (χ2v) is 21.1. The molecule has 0 atom stereocenters. The minimum atomic E-state index is -3.46. The molecule has 4 aliphatic rings. The van der Waals surface area contributed by atoms with Crippen LogP contribution in [0.1, 0.15) is 65.2 Å². The first-order valence-corrected chi connectivity index (χ1v) is 24.8. The normalized spacial score (nSPS) is 20.3. The molecule has 0 spiro atoms. The molecule has 4 heterocycles. The highest BCUT2D eigenvalue weighted by molar-refractivity contribution is 7.89. The van der Waals surface area contributed by atoms with Crippen molar-refractivity contribution in [2.24, 2.45) is 11.8 Å². The maximum absolute atomic E-state index is 13.2. The fraction of sp³-hybridized carbons (Fsp3) is 0.500. The number of para-hydroxylation sites is 1. The predicted octanol–water partition coefficient (Wildman–Crippen LogP) is 8.49. The Morgan fingerprint density at radius 2 is 0.833 bits per heavy atom. The Hall–Kier alpha value is -3.78. The minimum absolute atomic E-state index is 0.367. The van der Waals surface area contributed by atoms with Gasteiger partial charge in [-0.25, -0.2) is 16.8 Å². The van der Waals surface area contributed by atoms with Gasteiger partial charge < -0.3 is 19.3 Å². The molecule has 12 heteroatoms. The van der Waals surface area contributed by atoms with Crippen molar-refractivity contribution in [3.05, 3.63) is 97.1 Å². The third kappa shape index (κ3) is 10.5. The van der Waals surface area contributed by atoms with Crippen LogP contribution in [0.5, 0.6) is 11.5 Å². The molecule has 4 aromatic rings. The van der Waals surface area contributed by atoms with Crippen LogP contribution in [0.3, 0.4) is 0 Å². The Kier molecular flexibility index (Phi) is 14.7. The van der Waals surface area contributed by atoms with Crippen LogP contribution in [-0.2, 0) is 20.0 Å². The van der Waals surface area contributed by atoms with Crippen molar-refractivity contribution in [1.82, 2.24) is 18.4 Å². The molecule has 4 aliphatic heterocycles. The van der Waals surface area contributed by atoms with Gasteiger partial charge in [-0.05, 0) is 149 Å². The summed E-state index contributed by atoms with van der Waals surface area (Å²) in [6.07, 6.45) is 8.75. The van der Waals surface area contributed by atoms with E-state index in [9.17, 15) is 16.8 Å². The van der Waals surface area contributed by atoms with Crippen molar-refractivity contribution in [2.75, 3.05) is 66.6 Å². The maximum atomic E-state index is 13.2. The van der Waals surface area contributed by atoms with Crippen LogP contribution in [0.25, 0.3) is 22.3 Å². The van der Waals surface area contributed by atoms with Crippen LogP contribution < -0.4 is 9.47 Å². The third-order valence-electron chi connectivity index (χ3n) is 13.3. The molecule has 0 aliphatic carbocycles.